The Labute approximate surface area is 174 Å². The van der Waals surface area contributed by atoms with E-state index in [1.54, 1.807) is 26.1 Å². The first-order valence-corrected chi connectivity index (χ1v) is 11.5. The zero-order valence-electron chi connectivity index (χ0n) is 18.1. The maximum atomic E-state index is 12.6. The molecule has 0 unspecified atom stereocenters. The summed E-state index contributed by atoms with van der Waals surface area (Å²) in [6.45, 7) is 11.4. The average Bonchev–Trinajstić information content (AvgIpc) is 2.70. The molecule has 29 heavy (non-hydrogen) atoms. The van der Waals surface area contributed by atoms with Crippen molar-refractivity contribution >= 4 is 21.9 Å². The molecule has 1 N–H and O–H groups in total. The van der Waals surface area contributed by atoms with E-state index in [4.69, 9.17) is 4.99 Å². The molecule has 1 aromatic rings. The van der Waals surface area contributed by atoms with Crippen LogP contribution >= 0.6 is 0 Å². The summed E-state index contributed by atoms with van der Waals surface area (Å²) in [5.74, 6) is 0.914. The van der Waals surface area contributed by atoms with Crippen molar-refractivity contribution in [2.45, 2.75) is 45.2 Å². The fourth-order valence-corrected chi connectivity index (χ4v) is 4.40. The Hall–Kier alpha value is -2.13. The minimum absolute atomic E-state index is 0.101. The molecule has 1 aliphatic heterocycles. The number of rotatable bonds is 6. The fraction of sp³-hybridized carbons (Fsp3) is 0.600. The van der Waals surface area contributed by atoms with Gasteiger partial charge in [-0.3, -0.25) is 4.79 Å². The number of hydrogen-bond donors (Lipinski definition) is 1. The molecule has 0 saturated carbocycles. The lowest BCUT2D eigenvalue weighted by atomic mass is 10.2. The highest BCUT2D eigenvalue weighted by molar-refractivity contribution is 7.89. The average molecular weight is 424 g/mol. The largest absolute Gasteiger partial charge is 0.357 e. The molecule has 0 aliphatic carbocycles. The van der Waals surface area contributed by atoms with Crippen molar-refractivity contribution in [3.05, 3.63) is 29.8 Å². The molecular formula is C20H33N5O3S. The Kier molecular flexibility index (Phi) is 8.04. The number of aliphatic imine (C=N–C) groups is 1. The minimum Gasteiger partial charge on any atom is -0.357 e. The second-order valence-corrected chi connectivity index (χ2v) is 9.42. The molecule has 2 rings (SSSR count). The number of nitrogens with zero attached hydrogens (tertiary/aromatic N) is 4. The van der Waals surface area contributed by atoms with Gasteiger partial charge in [-0.15, -0.1) is 0 Å². The molecule has 1 amide bonds. The maximum Gasteiger partial charge on any atom is 0.243 e. The number of sulfonamides is 1. The van der Waals surface area contributed by atoms with E-state index in [1.807, 2.05) is 37.8 Å². The molecule has 0 radical (unpaired) electrons. The third-order valence-electron chi connectivity index (χ3n) is 5.10. The van der Waals surface area contributed by atoms with Gasteiger partial charge in [-0.2, -0.15) is 4.31 Å². The van der Waals surface area contributed by atoms with Gasteiger partial charge in [-0.05, 0) is 38.5 Å². The van der Waals surface area contributed by atoms with Gasteiger partial charge in [-0.1, -0.05) is 12.1 Å². The Morgan fingerprint density at radius 3 is 2.17 bits per heavy atom. The van der Waals surface area contributed by atoms with Gasteiger partial charge in [0.25, 0.3) is 0 Å². The highest BCUT2D eigenvalue weighted by Gasteiger charge is 2.23. The Morgan fingerprint density at radius 1 is 1.14 bits per heavy atom. The zero-order valence-corrected chi connectivity index (χ0v) is 18.9. The normalized spacial score (nSPS) is 15.9. The van der Waals surface area contributed by atoms with E-state index >= 15 is 0 Å². The monoisotopic (exact) mass is 423 g/mol. The van der Waals surface area contributed by atoms with E-state index < -0.39 is 10.0 Å². The van der Waals surface area contributed by atoms with E-state index in [0.717, 1.165) is 31.2 Å². The molecule has 162 valence electrons. The third kappa shape index (κ3) is 5.93. The van der Waals surface area contributed by atoms with Crippen LogP contribution < -0.4 is 5.32 Å². The van der Waals surface area contributed by atoms with Crippen LogP contribution in [0.2, 0.25) is 0 Å². The number of hydrogen-bond acceptors (Lipinski definition) is 4. The second kappa shape index (κ2) is 10.1. The maximum absolute atomic E-state index is 12.6. The summed E-state index contributed by atoms with van der Waals surface area (Å²) in [5, 5.41) is 3.30. The van der Waals surface area contributed by atoms with Crippen molar-refractivity contribution in [2.75, 3.05) is 39.8 Å². The minimum atomic E-state index is -3.48. The summed E-state index contributed by atoms with van der Waals surface area (Å²) in [5.41, 5.74) is 0.939. The molecule has 0 bridgehead atoms. The number of nitrogens with one attached hydrogen (secondary N) is 1. The van der Waals surface area contributed by atoms with Gasteiger partial charge in [0.1, 0.15) is 0 Å². The van der Waals surface area contributed by atoms with E-state index in [1.165, 1.54) is 4.31 Å². The molecule has 8 nitrogen and oxygen atoms in total. The molecular weight excluding hydrogens is 390 g/mol. The molecule has 1 aromatic carbocycles. The first kappa shape index (κ1) is 23.2. The molecule has 9 heteroatoms. The number of benzene rings is 1. The highest BCUT2D eigenvalue weighted by atomic mass is 32.2. The smallest absolute Gasteiger partial charge is 0.243 e. The fourth-order valence-electron chi connectivity index (χ4n) is 3.04. The van der Waals surface area contributed by atoms with Crippen LogP contribution in [-0.2, 0) is 21.4 Å². The third-order valence-corrected chi connectivity index (χ3v) is 7.15. The van der Waals surface area contributed by atoms with Crippen LogP contribution in [0.15, 0.2) is 34.2 Å². The van der Waals surface area contributed by atoms with Gasteiger partial charge in [0.05, 0.1) is 11.4 Å². The van der Waals surface area contributed by atoms with Gasteiger partial charge in [0, 0.05) is 52.7 Å². The predicted octanol–water partition coefficient (Wildman–Crippen LogP) is 1.35. The molecule has 1 heterocycles. The lowest BCUT2D eigenvalue weighted by Crippen LogP contribution is -2.53. The van der Waals surface area contributed by atoms with Crippen molar-refractivity contribution in [3.8, 4) is 0 Å². The van der Waals surface area contributed by atoms with Crippen molar-refractivity contribution in [1.82, 2.24) is 19.4 Å². The molecule has 0 spiro atoms. The van der Waals surface area contributed by atoms with Crippen LogP contribution in [-0.4, -0.2) is 80.2 Å². The SMILES string of the molecule is CCNC(=NCc1ccc(S(=O)(=O)N(C)C(C)C)cc1)N1CCN(C(C)=O)CC1. The summed E-state index contributed by atoms with van der Waals surface area (Å²) >= 11 is 0. The van der Waals surface area contributed by atoms with Gasteiger partial charge in [0.2, 0.25) is 15.9 Å². The van der Waals surface area contributed by atoms with E-state index in [0.29, 0.717) is 19.6 Å². The first-order chi connectivity index (χ1) is 13.7. The quantitative estimate of drug-likeness (QED) is 0.551. The standard InChI is InChI=1S/C20H33N5O3S/c1-6-21-20(25-13-11-24(12-14-25)17(4)26)22-15-18-7-9-19(10-8-18)29(27,28)23(5)16(2)3/h7-10,16H,6,11-15H2,1-5H3,(H,21,22). The van der Waals surface area contributed by atoms with Crippen LogP contribution in [0.4, 0.5) is 0 Å². The van der Waals surface area contributed by atoms with Crippen LogP contribution in [0, 0.1) is 0 Å². The molecule has 1 fully saturated rings. The number of piperazine rings is 1. The van der Waals surface area contributed by atoms with E-state index in [9.17, 15) is 13.2 Å². The first-order valence-electron chi connectivity index (χ1n) is 10.0. The summed E-state index contributed by atoms with van der Waals surface area (Å²) < 4.78 is 26.5. The van der Waals surface area contributed by atoms with Crippen molar-refractivity contribution < 1.29 is 13.2 Å². The zero-order chi connectivity index (χ0) is 21.6. The number of guanidine groups is 1. The van der Waals surface area contributed by atoms with E-state index in [-0.39, 0.29) is 16.8 Å². The lowest BCUT2D eigenvalue weighted by molar-refractivity contribution is -0.130. The number of carbonyl (C=O) groups is 1. The van der Waals surface area contributed by atoms with Crippen LogP contribution in [0.25, 0.3) is 0 Å². The highest BCUT2D eigenvalue weighted by Crippen LogP contribution is 2.17. The van der Waals surface area contributed by atoms with Gasteiger partial charge < -0.3 is 15.1 Å². The van der Waals surface area contributed by atoms with E-state index in [2.05, 4.69) is 10.2 Å². The summed E-state index contributed by atoms with van der Waals surface area (Å²) in [7, 11) is -1.89. The summed E-state index contributed by atoms with van der Waals surface area (Å²) in [6, 6.07) is 6.79. The Balaban J connectivity index is 2.07. The topological polar surface area (TPSA) is 85.3 Å². The lowest BCUT2D eigenvalue weighted by Gasteiger charge is -2.36. The van der Waals surface area contributed by atoms with Crippen molar-refractivity contribution in [3.63, 3.8) is 0 Å². The number of carbonyl (C=O) groups excluding carboxylic acids is 1. The molecule has 0 aromatic heterocycles. The van der Waals surface area contributed by atoms with Gasteiger partial charge in [0.15, 0.2) is 5.96 Å². The van der Waals surface area contributed by atoms with Crippen LogP contribution in [0.1, 0.15) is 33.3 Å². The van der Waals surface area contributed by atoms with Gasteiger partial charge >= 0.3 is 0 Å². The predicted molar refractivity (Wildman–Crippen MR) is 115 cm³/mol. The summed E-state index contributed by atoms with van der Waals surface area (Å²) in [6.07, 6.45) is 0. The summed E-state index contributed by atoms with van der Waals surface area (Å²) in [4.78, 5) is 20.5. The van der Waals surface area contributed by atoms with Crippen molar-refractivity contribution in [2.24, 2.45) is 4.99 Å². The molecule has 1 saturated heterocycles. The van der Waals surface area contributed by atoms with Crippen LogP contribution in [0.3, 0.4) is 0 Å². The molecule has 1 aliphatic rings. The number of amides is 1. The Bertz CT molecular complexity index is 813. The van der Waals surface area contributed by atoms with Crippen LogP contribution in [0.5, 0.6) is 0 Å². The van der Waals surface area contributed by atoms with Crippen molar-refractivity contribution in [1.29, 1.82) is 0 Å². The Morgan fingerprint density at radius 2 is 1.69 bits per heavy atom. The molecule has 0 atom stereocenters. The second-order valence-electron chi connectivity index (χ2n) is 7.42. The van der Waals surface area contributed by atoms with Gasteiger partial charge in [-0.25, -0.2) is 13.4 Å².